The first-order chi connectivity index (χ1) is 4.75. The number of rotatable bonds is 1. The van der Waals surface area contributed by atoms with Crippen LogP contribution in [0.3, 0.4) is 0 Å². The molecule has 0 aromatic carbocycles. The molecule has 0 heterocycles. The number of hydrogen-bond donors (Lipinski definition) is 1. The molecular formula is C7H9ClFN. The Labute approximate surface area is 64.4 Å². The van der Waals surface area contributed by atoms with E-state index in [1.807, 2.05) is 6.08 Å². The molecule has 0 saturated carbocycles. The molecule has 1 nitrogen and oxygen atoms in total. The Bertz CT molecular complexity index is 176. The highest BCUT2D eigenvalue weighted by molar-refractivity contribution is 6.22. The van der Waals surface area contributed by atoms with Crippen molar-refractivity contribution < 1.29 is 4.39 Å². The summed E-state index contributed by atoms with van der Waals surface area (Å²) in [4.78, 5) is 0. The molecule has 0 fully saturated rings. The van der Waals surface area contributed by atoms with E-state index in [0.29, 0.717) is 6.54 Å². The first-order valence-corrected chi connectivity index (χ1v) is 3.57. The van der Waals surface area contributed by atoms with Crippen molar-refractivity contribution in [3.63, 3.8) is 0 Å². The summed E-state index contributed by atoms with van der Waals surface area (Å²) in [6.45, 7) is 0.395. The largest absolute Gasteiger partial charge is 0.330 e. The highest BCUT2D eigenvalue weighted by Crippen LogP contribution is 2.24. The van der Waals surface area contributed by atoms with Gasteiger partial charge >= 0.3 is 0 Å². The highest BCUT2D eigenvalue weighted by Gasteiger charge is 2.21. The van der Waals surface area contributed by atoms with Gasteiger partial charge in [-0.15, -0.1) is 11.6 Å². The fraction of sp³-hybridized carbons (Fsp3) is 0.429. The van der Waals surface area contributed by atoms with E-state index >= 15 is 0 Å². The van der Waals surface area contributed by atoms with Gasteiger partial charge in [0.25, 0.3) is 0 Å². The molecule has 1 rings (SSSR count). The lowest BCUT2D eigenvalue weighted by atomic mass is 10.00. The molecule has 56 valence electrons. The van der Waals surface area contributed by atoms with Crippen LogP contribution in [0, 0.1) is 5.92 Å². The molecule has 0 bridgehead atoms. The second-order valence-corrected chi connectivity index (χ2v) is 2.71. The van der Waals surface area contributed by atoms with Gasteiger partial charge in [-0.05, 0) is 6.08 Å². The summed E-state index contributed by atoms with van der Waals surface area (Å²) in [7, 11) is 0. The number of allylic oxidation sites excluding steroid dienone is 3. The SMILES string of the molecule is NCC1C=CC=C(F)C1Cl. The molecule has 2 atom stereocenters. The molecule has 10 heavy (non-hydrogen) atoms. The molecule has 3 heteroatoms. The number of nitrogens with two attached hydrogens (primary N) is 1. The molecule has 2 N–H and O–H groups in total. The summed E-state index contributed by atoms with van der Waals surface area (Å²) >= 11 is 5.66. The smallest absolute Gasteiger partial charge is 0.118 e. The Balaban J connectivity index is 2.68. The standard InChI is InChI=1S/C7H9ClFN/c8-7-5(4-10)2-1-3-6(7)9/h1-3,5,7H,4,10H2. The minimum atomic E-state index is -0.560. The van der Waals surface area contributed by atoms with Gasteiger partial charge < -0.3 is 5.73 Å². The fourth-order valence-electron chi connectivity index (χ4n) is 0.882. The van der Waals surface area contributed by atoms with Gasteiger partial charge in [-0.1, -0.05) is 12.2 Å². The maximum Gasteiger partial charge on any atom is 0.118 e. The molecule has 0 aromatic heterocycles. The van der Waals surface area contributed by atoms with E-state index in [4.69, 9.17) is 17.3 Å². The molecule has 0 spiro atoms. The predicted octanol–water partition coefficient (Wildman–Crippen LogP) is 1.59. The van der Waals surface area contributed by atoms with E-state index in [-0.39, 0.29) is 11.7 Å². The lowest BCUT2D eigenvalue weighted by Gasteiger charge is -2.17. The monoisotopic (exact) mass is 161 g/mol. The lowest BCUT2D eigenvalue weighted by molar-refractivity contribution is 0.525. The summed E-state index contributed by atoms with van der Waals surface area (Å²) in [5.41, 5.74) is 5.33. The lowest BCUT2D eigenvalue weighted by Crippen LogP contribution is -2.24. The number of alkyl halides is 1. The van der Waals surface area contributed by atoms with Crippen LogP contribution in [0.5, 0.6) is 0 Å². The topological polar surface area (TPSA) is 26.0 Å². The van der Waals surface area contributed by atoms with Crippen molar-refractivity contribution in [2.45, 2.75) is 5.38 Å². The molecule has 1 aliphatic rings. The molecule has 0 radical (unpaired) electrons. The first kappa shape index (κ1) is 7.76. The molecule has 2 unspecified atom stereocenters. The number of halogens is 2. The normalized spacial score (nSPS) is 32.1. The van der Waals surface area contributed by atoms with Gasteiger partial charge in [0.05, 0.1) is 5.38 Å². The van der Waals surface area contributed by atoms with Crippen LogP contribution in [0.4, 0.5) is 4.39 Å². The van der Waals surface area contributed by atoms with E-state index in [1.165, 1.54) is 6.08 Å². The third-order valence-electron chi connectivity index (χ3n) is 1.53. The Morgan fingerprint density at radius 1 is 1.70 bits per heavy atom. The zero-order valence-corrected chi connectivity index (χ0v) is 6.18. The van der Waals surface area contributed by atoms with Gasteiger partial charge in [-0.2, -0.15) is 0 Å². The average Bonchev–Trinajstić information content (AvgIpc) is 1.95. The first-order valence-electron chi connectivity index (χ1n) is 3.13. The van der Waals surface area contributed by atoms with E-state index in [0.717, 1.165) is 0 Å². The molecule has 0 amide bonds. The van der Waals surface area contributed by atoms with Crippen LogP contribution in [0.2, 0.25) is 0 Å². The van der Waals surface area contributed by atoms with Crippen molar-refractivity contribution >= 4 is 11.6 Å². The fourth-order valence-corrected chi connectivity index (χ4v) is 1.14. The summed E-state index contributed by atoms with van der Waals surface area (Å²) < 4.78 is 12.6. The van der Waals surface area contributed by atoms with Gasteiger partial charge in [-0.3, -0.25) is 0 Å². The summed E-state index contributed by atoms with van der Waals surface area (Å²) in [5, 5.41) is -0.560. The quantitative estimate of drug-likeness (QED) is 0.581. The summed E-state index contributed by atoms with van der Waals surface area (Å²) in [6, 6.07) is 0. The van der Waals surface area contributed by atoms with Crippen molar-refractivity contribution in [3.05, 3.63) is 24.1 Å². The zero-order valence-electron chi connectivity index (χ0n) is 5.43. The van der Waals surface area contributed by atoms with Crippen molar-refractivity contribution in [1.82, 2.24) is 0 Å². The van der Waals surface area contributed by atoms with Crippen LogP contribution in [0.1, 0.15) is 0 Å². The zero-order chi connectivity index (χ0) is 7.56. The van der Waals surface area contributed by atoms with E-state index in [2.05, 4.69) is 0 Å². The van der Waals surface area contributed by atoms with Crippen molar-refractivity contribution in [1.29, 1.82) is 0 Å². The van der Waals surface area contributed by atoms with Crippen molar-refractivity contribution in [2.75, 3.05) is 6.54 Å². The van der Waals surface area contributed by atoms with Crippen LogP contribution in [0.15, 0.2) is 24.1 Å². The van der Waals surface area contributed by atoms with Crippen LogP contribution in [-0.2, 0) is 0 Å². The second-order valence-electron chi connectivity index (χ2n) is 2.24. The Hall–Kier alpha value is -0.340. The minimum Gasteiger partial charge on any atom is -0.330 e. The molecule has 1 aliphatic carbocycles. The van der Waals surface area contributed by atoms with Gasteiger partial charge in [0.1, 0.15) is 5.83 Å². The third-order valence-corrected chi connectivity index (χ3v) is 2.06. The van der Waals surface area contributed by atoms with Gasteiger partial charge in [-0.25, -0.2) is 4.39 Å². The highest BCUT2D eigenvalue weighted by atomic mass is 35.5. The second kappa shape index (κ2) is 3.17. The van der Waals surface area contributed by atoms with Crippen LogP contribution in [-0.4, -0.2) is 11.9 Å². The van der Waals surface area contributed by atoms with Crippen LogP contribution in [0.25, 0.3) is 0 Å². The summed E-state index contributed by atoms with van der Waals surface area (Å²) in [5.74, 6) is -0.341. The third kappa shape index (κ3) is 1.39. The average molecular weight is 162 g/mol. The van der Waals surface area contributed by atoms with Crippen molar-refractivity contribution in [3.8, 4) is 0 Å². The van der Waals surface area contributed by atoms with Crippen LogP contribution >= 0.6 is 11.6 Å². The molecule has 0 aliphatic heterocycles. The summed E-state index contributed by atoms with van der Waals surface area (Å²) in [6.07, 6.45) is 4.83. The predicted molar refractivity (Wildman–Crippen MR) is 40.5 cm³/mol. The van der Waals surface area contributed by atoms with Gasteiger partial charge in [0.2, 0.25) is 0 Å². The molecule has 0 saturated heterocycles. The molecular weight excluding hydrogens is 153 g/mol. The Morgan fingerprint density at radius 2 is 2.40 bits per heavy atom. The van der Waals surface area contributed by atoms with E-state index in [9.17, 15) is 4.39 Å². The van der Waals surface area contributed by atoms with Crippen LogP contribution < -0.4 is 5.73 Å². The van der Waals surface area contributed by atoms with E-state index in [1.54, 1.807) is 6.08 Å². The maximum absolute atomic E-state index is 12.6. The van der Waals surface area contributed by atoms with Gasteiger partial charge in [0, 0.05) is 12.5 Å². The van der Waals surface area contributed by atoms with E-state index < -0.39 is 5.38 Å². The Kier molecular flexibility index (Phi) is 2.46. The number of hydrogen-bond acceptors (Lipinski definition) is 1. The van der Waals surface area contributed by atoms with Crippen molar-refractivity contribution in [2.24, 2.45) is 11.7 Å². The Morgan fingerprint density at radius 3 is 2.90 bits per heavy atom. The maximum atomic E-state index is 12.6. The molecule has 0 aromatic rings. The van der Waals surface area contributed by atoms with Gasteiger partial charge in [0.15, 0.2) is 0 Å². The minimum absolute atomic E-state index is 0.0494.